The molecule has 3 atom stereocenters. The molecule has 234 valence electrons. The Kier molecular flexibility index (Phi) is 18.0. The van der Waals surface area contributed by atoms with Gasteiger partial charge in [0, 0.05) is 53.2 Å². The highest BCUT2D eigenvalue weighted by Crippen LogP contribution is 2.12. The number of rotatable bonds is 21. The summed E-state index contributed by atoms with van der Waals surface area (Å²) in [6, 6.07) is 0. The quantitative estimate of drug-likeness (QED) is 0.169. The summed E-state index contributed by atoms with van der Waals surface area (Å²) in [7, 11) is -8.02. The van der Waals surface area contributed by atoms with Crippen LogP contribution >= 0.6 is 0 Å². The fourth-order valence-electron chi connectivity index (χ4n) is 4.20. The molecule has 1 rings (SSSR count). The standard InChI is InChI=1S/C24H51N3O6S6/c1-22(2)16-37(28,34)31-13-7-10-25-19-26(11-8-14-32-38(29,35)17-23(3)4)21-27(20-25)12-9-15-33-39(30,36)18-24(5)6/h22-24H,7-21H2,1-6H3. The Bertz CT molecular complexity index is 869. The van der Waals surface area contributed by atoms with Gasteiger partial charge in [-0.2, -0.15) is 0 Å². The SMILES string of the molecule is CC(C)CS(=O)(=S)OCCCN1CN(CCCOS(=O)(=S)CC(C)C)CN(CCCOS(=O)(=S)CC(C)C)C1. The maximum atomic E-state index is 12.4. The van der Waals surface area contributed by atoms with Crippen molar-refractivity contribution in [2.45, 2.75) is 60.8 Å². The third kappa shape index (κ3) is 19.6. The Labute approximate surface area is 253 Å². The van der Waals surface area contributed by atoms with E-state index in [0.717, 1.165) is 58.9 Å². The van der Waals surface area contributed by atoms with Crippen LogP contribution in [0.25, 0.3) is 0 Å². The van der Waals surface area contributed by atoms with E-state index in [4.69, 9.17) is 46.1 Å². The normalized spacial score (nSPS) is 20.8. The molecular formula is C24H51N3O6S6. The molecule has 0 N–H and O–H groups in total. The fraction of sp³-hybridized carbons (Fsp3) is 1.00. The van der Waals surface area contributed by atoms with Gasteiger partial charge in [0.2, 0.25) is 0 Å². The van der Waals surface area contributed by atoms with Crippen molar-refractivity contribution in [3.8, 4) is 0 Å². The van der Waals surface area contributed by atoms with Crippen LogP contribution in [0, 0.1) is 17.8 Å². The zero-order chi connectivity index (χ0) is 29.7. The lowest BCUT2D eigenvalue weighted by Crippen LogP contribution is -2.55. The van der Waals surface area contributed by atoms with E-state index >= 15 is 0 Å². The Balaban J connectivity index is 2.61. The maximum Gasteiger partial charge on any atom is 0.144 e. The molecule has 0 aliphatic carbocycles. The molecule has 9 nitrogen and oxygen atoms in total. The zero-order valence-electron chi connectivity index (χ0n) is 24.6. The summed E-state index contributed by atoms with van der Waals surface area (Å²) in [4.78, 5) is 6.94. The molecule has 1 saturated heterocycles. The highest BCUT2D eigenvalue weighted by Gasteiger charge is 2.23. The predicted octanol–water partition coefficient (Wildman–Crippen LogP) is 2.95. The van der Waals surface area contributed by atoms with Gasteiger partial charge >= 0.3 is 0 Å². The van der Waals surface area contributed by atoms with Gasteiger partial charge in [0.1, 0.15) is 26.3 Å². The van der Waals surface area contributed by atoms with Crippen LogP contribution in [0.2, 0.25) is 0 Å². The summed E-state index contributed by atoms with van der Waals surface area (Å²) in [6.45, 7) is 17.6. The molecule has 0 bridgehead atoms. The highest BCUT2D eigenvalue weighted by molar-refractivity contribution is 8.30. The van der Waals surface area contributed by atoms with E-state index in [0.29, 0.717) is 37.1 Å². The molecule has 0 spiro atoms. The highest BCUT2D eigenvalue weighted by atomic mass is 32.9. The van der Waals surface area contributed by atoms with Crippen LogP contribution in [-0.4, -0.2) is 104 Å². The molecule has 1 aliphatic rings. The Morgan fingerprint density at radius 2 is 0.769 bits per heavy atom. The molecule has 15 heteroatoms. The second kappa shape index (κ2) is 18.5. The lowest BCUT2D eigenvalue weighted by molar-refractivity contribution is -0.0334. The van der Waals surface area contributed by atoms with E-state index in [1.165, 1.54) is 0 Å². The summed E-state index contributed by atoms with van der Waals surface area (Å²) in [5.74, 6) is 1.85. The van der Waals surface area contributed by atoms with Gasteiger partial charge in [-0.05, 0) is 37.0 Å². The molecular weight excluding hydrogens is 619 g/mol. The zero-order valence-corrected chi connectivity index (χ0v) is 29.5. The summed E-state index contributed by atoms with van der Waals surface area (Å²) < 4.78 is 53.8. The average molecular weight is 670 g/mol. The molecule has 1 fully saturated rings. The minimum absolute atomic E-state index is 0.228. The first-order valence-corrected chi connectivity index (χ1v) is 21.5. The molecule has 3 unspecified atom stereocenters. The molecule has 0 saturated carbocycles. The first-order chi connectivity index (χ1) is 18.0. The summed E-state index contributed by atoms with van der Waals surface area (Å²) in [5.41, 5.74) is 0. The van der Waals surface area contributed by atoms with Crippen LogP contribution < -0.4 is 0 Å². The van der Waals surface area contributed by atoms with E-state index < -0.39 is 26.3 Å². The average Bonchev–Trinajstić information content (AvgIpc) is 2.75. The number of hydrogen-bond donors (Lipinski definition) is 0. The molecule has 0 amide bonds. The van der Waals surface area contributed by atoms with Gasteiger partial charge in [-0.1, -0.05) is 41.5 Å². The predicted molar refractivity (Wildman–Crippen MR) is 172 cm³/mol. The van der Waals surface area contributed by atoms with Crippen molar-refractivity contribution in [1.29, 1.82) is 0 Å². The first-order valence-electron chi connectivity index (χ1n) is 13.8. The molecule has 1 aliphatic heterocycles. The van der Waals surface area contributed by atoms with Gasteiger partial charge in [0.05, 0.1) is 57.1 Å². The van der Waals surface area contributed by atoms with Gasteiger partial charge in [-0.25, -0.2) is 12.6 Å². The summed E-state index contributed by atoms with van der Waals surface area (Å²) in [5, 5.41) is 0. The van der Waals surface area contributed by atoms with E-state index in [1.54, 1.807) is 0 Å². The van der Waals surface area contributed by atoms with Crippen LogP contribution in [-0.2, 0) is 72.4 Å². The summed E-state index contributed by atoms with van der Waals surface area (Å²) >= 11 is 15.4. The second-order valence-corrected chi connectivity index (χ2v) is 21.1. The van der Waals surface area contributed by atoms with Crippen molar-refractivity contribution in [1.82, 2.24) is 14.7 Å². The Morgan fingerprint density at radius 3 is 0.974 bits per heavy atom. The number of hydrogen-bond acceptors (Lipinski definition) is 12. The van der Waals surface area contributed by atoms with Crippen LogP contribution in [0.3, 0.4) is 0 Å². The van der Waals surface area contributed by atoms with Crippen molar-refractivity contribution in [3.05, 3.63) is 0 Å². The Morgan fingerprint density at radius 1 is 0.538 bits per heavy atom. The smallest absolute Gasteiger partial charge is 0.144 e. The van der Waals surface area contributed by atoms with Gasteiger partial charge in [0.15, 0.2) is 0 Å². The number of nitrogens with zero attached hydrogens (tertiary/aromatic N) is 3. The van der Waals surface area contributed by atoms with Crippen molar-refractivity contribution in [2.75, 3.05) is 76.7 Å². The van der Waals surface area contributed by atoms with E-state index in [2.05, 4.69) is 14.7 Å². The third-order valence-electron chi connectivity index (χ3n) is 5.46. The van der Waals surface area contributed by atoms with Crippen molar-refractivity contribution in [2.24, 2.45) is 17.8 Å². The third-order valence-corrected chi connectivity index (χ3v) is 12.3. The maximum absolute atomic E-state index is 12.4. The largest absolute Gasteiger partial charge is 0.290 e. The molecule has 1 heterocycles. The minimum atomic E-state index is -2.67. The molecule has 0 aromatic heterocycles. The fourth-order valence-corrected chi connectivity index (χ4v) is 11.1. The lowest BCUT2D eigenvalue weighted by atomic mass is 10.3. The first kappa shape index (κ1) is 37.9. The van der Waals surface area contributed by atoms with Crippen LogP contribution in [0.1, 0.15) is 60.8 Å². The van der Waals surface area contributed by atoms with Crippen LogP contribution in [0.4, 0.5) is 0 Å². The molecule has 39 heavy (non-hydrogen) atoms. The monoisotopic (exact) mass is 669 g/mol. The van der Waals surface area contributed by atoms with Crippen LogP contribution in [0.15, 0.2) is 0 Å². The van der Waals surface area contributed by atoms with Gasteiger partial charge in [0.25, 0.3) is 0 Å². The van der Waals surface area contributed by atoms with Gasteiger partial charge < -0.3 is 0 Å². The Hall–Kier alpha value is 0.870. The van der Waals surface area contributed by atoms with Crippen molar-refractivity contribution < 1.29 is 25.2 Å². The topological polar surface area (TPSA) is 88.6 Å². The van der Waals surface area contributed by atoms with Gasteiger partial charge in [-0.15, -0.1) is 0 Å². The molecule has 0 radical (unpaired) electrons. The molecule has 0 aromatic rings. The van der Waals surface area contributed by atoms with Crippen LogP contribution in [0.5, 0.6) is 0 Å². The van der Waals surface area contributed by atoms with Crippen molar-refractivity contribution >= 4 is 59.9 Å². The second-order valence-electron chi connectivity index (χ2n) is 11.5. The van der Waals surface area contributed by atoms with Crippen molar-refractivity contribution in [3.63, 3.8) is 0 Å². The minimum Gasteiger partial charge on any atom is -0.290 e. The summed E-state index contributed by atoms with van der Waals surface area (Å²) in [6.07, 6.45) is 2.17. The van der Waals surface area contributed by atoms with E-state index in [1.807, 2.05) is 41.5 Å². The van der Waals surface area contributed by atoms with Gasteiger partial charge in [-0.3, -0.25) is 27.2 Å². The van der Waals surface area contributed by atoms with E-state index in [9.17, 15) is 12.6 Å². The lowest BCUT2D eigenvalue weighted by Gasteiger charge is -2.42. The molecule has 0 aromatic carbocycles. The van der Waals surface area contributed by atoms with E-state index in [-0.39, 0.29) is 17.8 Å².